The molecule has 0 N–H and O–H groups in total. The van der Waals surface area contributed by atoms with Gasteiger partial charge in [0.15, 0.2) is 0 Å². The van der Waals surface area contributed by atoms with E-state index in [1.165, 1.54) is 65.1 Å². The lowest BCUT2D eigenvalue weighted by molar-refractivity contribution is 0.661. The van der Waals surface area contributed by atoms with Crippen LogP contribution in [0.2, 0.25) is 0 Å². The molecule has 36 heavy (non-hydrogen) atoms. The normalized spacial score (nSPS) is 13.6. The van der Waals surface area contributed by atoms with Gasteiger partial charge in [-0.25, -0.2) is 0 Å². The van der Waals surface area contributed by atoms with Crippen LogP contribution in [-0.4, -0.2) is 0 Å². The molecule has 0 bridgehead atoms. The summed E-state index contributed by atoms with van der Waals surface area (Å²) in [6, 6.07) is 40.0. The number of rotatable bonds is 3. The summed E-state index contributed by atoms with van der Waals surface area (Å²) in [7, 11) is 0. The van der Waals surface area contributed by atoms with E-state index in [9.17, 15) is 0 Å². The third-order valence-corrected chi connectivity index (χ3v) is 8.90. The average Bonchev–Trinajstić information content (AvgIpc) is 3.38. The highest BCUT2D eigenvalue weighted by atomic mass is 32.1. The van der Waals surface area contributed by atoms with Gasteiger partial charge in [-0.3, -0.25) is 0 Å². The highest BCUT2D eigenvalue weighted by Gasteiger charge is 2.37. The number of hydrogen-bond donors (Lipinski definition) is 0. The van der Waals surface area contributed by atoms with Crippen LogP contribution in [0, 0.1) is 6.92 Å². The first kappa shape index (κ1) is 21.4. The summed E-state index contributed by atoms with van der Waals surface area (Å²) in [5.41, 5.74) is 10.3. The van der Waals surface area contributed by atoms with Crippen LogP contribution in [0.15, 0.2) is 109 Å². The minimum Gasteiger partial charge on any atom is -0.310 e. The number of hydrogen-bond acceptors (Lipinski definition) is 2. The molecule has 0 spiro atoms. The fourth-order valence-corrected chi connectivity index (χ4v) is 7.18. The zero-order chi connectivity index (χ0) is 24.4. The van der Waals surface area contributed by atoms with Crippen LogP contribution in [0.4, 0.5) is 17.1 Å². The van der Waals surface area contributed by atoms with Gasteiger partial charge >= 0.3 is 0 Å². The Kier molecular flexibility index (Phi) is 4.64. The van der Waals surface area contributed by atoms with E-state index >= 15 is 0 Å². The summed E-state index contributed by atoms with van der Waals surface area (Å²) in [5, 5.41) is 2.73. The van der Waals surface area contributed by atoms with Gasteiger partial charge in [-0.05, 0) is 71.6 Å². The Morgan fingerprint density at radius 2 is 1.36 bits per heavy atom. The van der Waals surface area contributed by atoms with E-state index < -0.39 is 0 Å². The molecule has 1 heterocycles. The molecule has 0 saturated heterocycles. The van der Waals surface area contributed by atoms with Crippen molar-refractivity contribution in [3.05, 3.63) is 126 Å². The molecule has 0 saturated carbocycles. The van der Waals surface area contributed by atoms with Crippen molar-refractivity contribution in [1.29, 1.82) is 0 Å². The highest BCUT2D eigenvalue weighted by molar-refractivity contribution is 7.26. The monoisotopic (exact) mass is 481 g/mol. The minimum atomic E-state index is -0.0694. The van der Waals surface area contributed by atoms with Crippen molar-refractivity contribution in [1.82, 2.24) is 0 Å². The van der Waals surface area contributed by atoms with Crippen molar-refractivity contribution in [3.8, 4) is 11.1 Å². The van der Waals surface area contributed by atoms with Gasteiger partial charge in [-0.15, -0.1) is 11.3 Å². The fraction of sp³-hybridized carbons (Fsp3) is 0.118. The Bertz CT molecular complexity index is 1770. The second-order valence-corrected chi connectivity index (χ2v) is 11.4. The fourth-order valence-electron chi connectivity index (χ4n) is 5.92. The lowest BCUT2D eigenvalue weighted by atomic mass is 9.82. The van der Waals surface area contributed by atoms with Crippen LogP contribution in [0.25, 0.3) is 31.3 Å². The number of aryl methyl sites for hydroxylation is 1. The summed E-state index contributed by atoms with van der Waals surface area (Å²) >= 11 is 1.93. The Labute approximate surface area is 216 Å². The van der Waals surface area contributed by atoms with Crippen molar-refractivity contribution < 1.29 is 0 Å². The Hall–Kier alpha value is -3.88. The first-order valence-corrected chi connectivity index (χ1v) is 13.4. The van der Waals surface area contributed by atoms with E-state index in [0.717, 1.165) is 0 Å². The van der Waals surface area contributed by atoms with Gasteiger partial charge in [0.05, 0.1) is 0 Å². The van der Waals surface area contributed by atoms with Crippen molar-refractivity contribution in [2.24, 2.45) is 0 Å². The van der Waals surface area contributed by atoms with Crippen LogP contribution < -0.4 is 4.90 Å². The number of nitrogens with zero attached hydrogens (tertiary/aromatic N) is 1. The third kappa shape index (κ3) is 3.08. The predicted octanol–water partition coefficient (Wildman–Crippen LogP) is 10.1. The van der Waals surface area contributed by atoms with E-state index in [-0.39, 0.29) is 5.41 Å². The largest absolute Gasteiger partial charge is 0.310 e. The van der Waals surface area contributed by atoms with Crippen molar-refractivity contribution in [2.45, 2.75) is 26.2 Å². The zero-order valence-corrected chi connectivity index (χ0v) is 21.6. The molecule has 0 unspecified atom stereocenters. The van der Waals surface area contributed by atoms with Crippen molar-refractivity contribution in [3.63, 3.8) is 0 Å². The molecule has 1 nitrogen and oxygen atoms in total. The number of thiophene rings is 1. The molecule has 6 aromatic rings. The van der Waals surface area contributed by atoms with Gasteiger partial charge in [0.25, 0.3) is 0 Å². The standard InChI is InChI=1S/C34H27NS/c1-22-10-9-13-24(20-22)35(23-11-5-4-6-12-23)25-16-17-28-30(21-25)34(2,3)29-19-18-27-26-14-7-8-15-31(26)36-33(27)32(28)29/h4-21H,1-3H3. The van der Waals surface area contributed by atoms with E-state index in [2.05, 4.69) is 135 Å². The molecule has 0 fully saturated rings. The van der Waals surface area contributed by atoms with Crippen LogP contribution >= 0.6 is 11.3 Å². The molecule has 1 aliphatic carbocycles. The lowest BCUT2D eigenvalue weighted by Gasteiger charge is -2.28. The summed E-state index contributed by atoms with van der Waals surface area (Å²) in [6.45, 7) is 6.91. The number of anilines is 3. The van der Waals surface area contributed by atoms with E-state index in [4.69, 9.17) is 0 Å². The van der Waals surface area contributed by atoms with Crippen LogP contribution in [0.3, 0.4) is 0 Å². The van der Waals surface area contributed by atoms with E-state index in [0.29, 0.717) is 0 Å². The van der Waals surface area contributed by atoms with Gasteiger partial charge in [0.2, 0.25) is 0 Å². The third-order valence-electron chi connectivity index (χ3n) is 7.70. The molecular formula is C34H27NS. The molecule has 1 aromatic heterocycles. The molecule has 5 aromatic carbocycles. The van der Waals surface area contributed by atoms with Gasteiger partial charge in [-0.1, -0.05) is 80.6 Å². The molecular weight excluding hydrogens is 454 g/mol. The molecule has 0 radical (unpaired) electrons. The van der Waals surface area contributed by atoms with Gasteiger partial charge in [0, 0.05) is 48.2 Å². The second-order valence-electron chi connectivity index (χ2n) is 10.3. The Morgan fingerprint density at radius 3 is 2.19 bits per heavy atom. The van der Waals surface area contributed by atoms with Crippen LogP contribution in [0.1, 0.15) is 30.5 Å². The molecule has 2 heteroatoms. The summed E-state index contributed by atoms with van der Waals surface area (Å²) in [5.74, 6) is 0. The topological polar surface area (TPSA) is 3.24 Å². The van der Waals surface area contributed by atoms with E-state index in [1.807, 2.05) is 11.3 Å². The second kappa shape index (κ2) is 7.81. The number of para-hydroxylation sites is 1. The summed E-state index contributed by atoms with van der Waals surface area (Å²) in [4.78, 5) is 2.38. The minimum absolute atomic E-state index is 0.0694. The van der Waals surface area contributed by atoms with Gasteiger partial charge in [0.1, 0.15) is 0 Å². The molecule has 0 aliphatic heterocycles. The SMILES string of the molecule is Cc1cccc(N(c2ccccc2)c2ccc3c(c2)C(C)(C)c2ccc4c(sc5ccccc54)c2-3)c1. The maximum atomic E-state index is 2.42. The molecule has 0 amide bonds. The zero-order valence-electron chi connectivity index (χ0n) is 20.7. The maximum Gasteiger partial charge on any atom is 0.0465 e. The van der Waals surface area contributed by atoms with Crippen molar-refractivity contribution >= 4 is 48.6 Å². The van der Waals surface area contributed by atoms with Gasteiger partial charge < -0.3 is 4.90 Å². The predicted molar refractivity (Wildman–Crippen MR) is 156 cm³/mol. The first-order valence-electron chi connectivity index (χ1n) is 12.5. The first-order chi connectivity index (χ1) is 17.5. The summed E-state index contributed by atoms with van der Waals surface area (Å²) < 4.78 is 2.77. The lowest BCUT2D eigenvalue weighted by Crippen LogP contribution is -2.16. The van der Waals surface area contributed by atoms with E-state index in [1.54, 1.807) is 0 Å². The van der Waals surface area contributed by atoms with Gasteiger partial charge in [-0.2, -0.15) is 0 Å². The maximum absolute atomic E-state index is 2.42. The quantitative estimate of drug-likeness (QED) is 0.243. The molecule has 1 aliphatic rings. The molecule has 7 rings (SSSR count). The van der Waals surface area contributed by atoms with Crippen LogP contribution in [0.5, 0.6) is 0 Å². The Balaban J connectivity index is 1.46. The van der Waals surface area contributed by atoms with Crippen LogP contribution in [-0.2, 0) is 5.41 Å². The average molecular weight is 482 g/mol. The summed E-state index contributed by atoms with van der Waals surface area (Å²) in [6.07, 6.45) is 0. The Morgan fingerprint density at radius 1 is 0.611 bits per heavy atom. The molecule has 0 atom stereocenters. The smallest absolute Gasteiger partial charge is 0.0465 e. The number of fused-ring (bicyclic) bond motifs is 7. The number of benzene rings is 5. The highest BCUT2D eigenvalue weighted by Crippen LogP contribution is 2.54. The molecule has 174 valence electrons. The van der Waals surface area contributed by atoms with Crippen molar-refractivity contribution in [2.75, 3.05) is 4.90 Å².